The molecule has 0 saturated heterocycles. The van der Waals surface area contributed by atoms with Gasteiger partial charge in [-0.15, -0.1) is 0 Å². The Balaban J connectivity index is 2.72. The molecule has 1 aromatic carbocycles. The number of benzene rings is 1. The third-order valence-electron chi connectivity index (χ3n) is 3.23. The fraction of sp³-hybridized carbons (Fsp3) is 0.571. The van der Waals surface area contributed by atoms with Gasteiger partial charge in [-0.1, -0.05) is 50.6 Å². The number of rotatable bonds is 6. The molecule has 0 aromatic heterocycles. The molecule has 0 amide bonds. The Bertz CT molecular complexity index is 324. The minimum absolute atomic E-state index is 0.293. The molecule has 0 saturated carbocycles. The van der Waals surface area contributed by atoms with Crippen LogP contribution in [-0.4, -0.2) is 13.1 Å². The van der Waals surface area contributed by atoms with Gasteiger partial charge in [-0.25, -0.2) is 0 Å². The first-order chi connectivity index (χ1) is 7.61. The van der Waals surface area contributed by atoms with Crippen LogP contribution in [0.3, 0.4) is 0 Å². The molecule has 1 unspecified atom stereocenters. The molecule has 90 valence electrons. The van der Waals surface area contributed by atoms with E-state index in [1.807, 2.05) is 12.1 Å². The third-order valence-corrected chi connectivity index (χ3v) is 3.60. The summed E-state index contributed by atoms with van der Waals surface area (Å²) in [6.45, 7) is 8.78. The Kier molecular flexibility index (Phi) is 5.30. The van der Waals surface area contributed by atoms with E-state index >= 15 is 0 Å². The summed E-state index contributed by atoms with van der Waals surface area (Å²) in [5, 5.41) is 4.32. The van der Waals surface area contributed by atoms with Crippen molar-refractivity contribution in [2.45, 2.75) is 33.6 Å². The first kappa shape index (κ1) is 13.5. The molecule has 1 aromatic rings. The lowest BCUT2D eigenvalue weighted by Gasteiger charge is -2.29. The van der Waals surface area contributed by atoms with Crippen molar-refractivity contribution in [3.8, 4) is 0 Å². The summed E-state index contributed by atoms with van der Waals surface area (Å²) < 4.78 is 0. The number of hydrogen-bond acceptors (Lipinski definition) is 1. The summed E-state index contributed by atoms with van der Waals surface area (Å²) in [6, 6.07) is 8.15. The van der Waals surface area contributed by atoms with Crippen LogP contribution >= 0.6 is 11.6 Å². The standard InChI is InChI=1S/C14H22ClN/c1-4-14(3,11-16-5-2)10-12-8-6-7-9-13(12)15/h6-9,16H,4-5,10-11H2,1-3H3. The second-order valence-electron chi connectivity index (χ2n) is 4.71. The molecule has 0 aliphatic rings. The van der Waals surface area contributed by atoms with Crippen molar-refractivity contribution >= 4 is 11.6 Å². The predicted molar refractivity (Wildman–Crippen MR) is 72.1 cm³/mol. The van der Waals surface area contributed by atoms with Gasteiger partial charge in [-0.3, -0.25) is 0 Å². The summed E-state index contributed by atoms with van der Waals surface area (Å²) in [5.41, 5.74) is 1.55. The van der Waals surface area contributed by atoms with Crippen LogP contribution in [0, 0.1) is 5.41 Å². The smallest absolute Gasteiger partial charge is 0.0438 e. The summed E-state index contributed by atoms with van der Waals surface area (Å²) in [4.78, 5) is 0. The van der Waals surface area contributed by atoms with Crippen LogP contribution in [0.25, 0.3) is 0 Å². The second-order valence-corrected chi connectivity index (χ2v) is 5.12. The van der Waals surface area contributed by atoms with Crippen molar-refractivity contribution in [3.05, 3.63) is 34.9 Å². The Morgan fingerprint density at radius 3 is 2.50 bits per heavy atom. The van der Waals surface area contributed by atoms with Crippen LogP contribution in [0.4, 0.5) is 0 Å². The highest BCUT2D eigenvalue weighted by Crippen LogP contribution is 2.29. The van der Waals surface area contributed by atoms with E-state index in [0.717, 1.165) is 31.0 Å². The molecule has 0 bridgehead atoms. The molecular formula is C14H22ClN. The molecule has 0 radical (unpaired) electrons. The molecule has 0 fully saturated rings. The van der Waals surface area contributed by atoms with Crippen molar-refractivity contribution in [1.82, 2.24) is 5.32 Å². The van der Waals surface area contributed by atoms with Gasteiger partial charge >= 0.3 is 0 Å². The van der Waals surface area contributed by atoms with E-state index in [9.17, 15) is 0 Å². The lowest BCUT2D eigenvalue weighted by molar-refractivity contribution is 0.293. The average Bonchev–Trinajstić information content (AvgIpc) is 2.30. The van der Waals surface area contributed by atoms with Gasteiger partial charge in [0.2, 0.25) is 0 Å². The molecule has 0 aliphatic heterocycles. The van der Waals surface area contributed by atoms with E-state index in [4.69, 9.17) is 11.6 Å². The van der Waals surface area contributed by atoms with Gasteiger partial charge in [0, 0.05) is 11.6 Å². The number of nitrogens with one attached hydrogen (secondary N) is 1. The Hall–Kier alpha value is -0.530. The normalized spacial score (nSPS) is 14.8. The highest BCUT2D eigenvalue weighted by molar-refractivity contribution is 6.31. The van der Waals surface area contributed by atoms with Crippen molar-refractivity contribution in [3.63, 3.8) is 0 Å². The predicted octanol–water partition coefficient (Wildman–Crippen LogP) is 3.91. The zero-order valence-corrected chi connectivity index (χ0v) is 11.3. The molecule has 1 N–H and O–H groups in total. The quantitative estimate of drug-likeness (QED) is 0.794. The van der Waals surface area contributed by atoms with Crippen molar-refractivity contribution < 1.29 is 0 Å². The van der Waals surface area contributed by atoms with Crippen molar-refractivity contribution in [2.24, 2.45) is 5.41 Å². The molecule has 1 rings (SSSR count). The van der Waals surface area contributed by atoms with Crippen molar-refractivity contribution in [1.29, 1.82) is 0 Å². The van der Waals surface area contributed by atoms with Crippen LogP contribution in [0.5, 0.6) is 0 Å². The topological polar surface area (TPSA) is 12.0 Å². The van der Waals surface area contributed by atoms with Gasteiger partial charge in [0.25, 0.3) is 0 Å². The highest BCUT2D eigenvalue weighted by atomic mass is 35.5. The number of halogens is 1. The molecular weight excluding hydrogens is 218 g/mol. The van der Waals surface area contributed by atoms with Crippen molar-refractivity contribution in [2.75, 3.05) is 13.1 Å². The van der Waals surface area contributed by atoms with E-state index in [0.29, 0.717) is 5.41 Å². The van der Waals surface area contributed by atoms with E-state index in [1.165, 1.54) is 5.56 Å². The van der Waals surface area contributed by atoms with Gasteiger partial charge in [0.05, 0.1) is 0 Å². The maximum atomic E-state index is 6.20. The maximum absolute atomic E-state index is 6.20. The summed E-state index contributed by atoms with van der Waals surface area (Å²) >= 11 is 6.20. The summed E-state index contributed by atoms with van der Waals surface area (Å²) in [5.74, 6) is 0. The molecule has 16 heavy (non-hydrogen) atoms. The van der Waals surface area contributed by atoms with E-state index < -0.39 is 0 Å². The maximum Gasteiger partial charge on any atom is 0.0438 e. The highest BCUT2D eigenvalue weighted by Gasteiger charge is 2.22. The third kappa shape index (κ3) is 3.80. The Morgan fingerprint density at radius 1 is 1.25 bits per heavy atom. The van der Waals surface area contributed by atoms with Gasteiger partial charge in [-0.2, -0.15) is 0 Å². The zero-order valence-electron chi connectivity index (χ0n) is 10.5. The van der Waals surface area contributed by atoms with Gasteiger partial charge in [-0.05, 0) is 36.4 Å². The van der Waals surface area contributed by atoms with Crippen LogP contribution in [-0.2, 0) is 6.42 Å². The first-order valence-corrected chi connectivity index (χ1v) is 6.43. The SMILES string of the molecule is CCNCC(C)(CC)Cc1ccccc1Cl. The molecule has 2 heteroatoms. The Labute approximate surface area is 104 Å². The largest absolute Gasteiger partial charge is 0.316 e. The lowest BCUT2D eigenvalue weighted by atomic mass is 9.81. The molecule has 0 spiro atoms. The van der Waals surface area contributed by atoms with Gasteiger partial charge in [0.15, 0.2) is 0 Å². The van der Waals surface area contributed by atoms with E-state index in [1.54, 1.807) is 0 Å². The molecule has 0 heterocycles. The average molecular weight is 240 g/mol. The number of hydrogen-bond donors (Lipinski definition) is 1. The second kappa shape index (κ2) is 6.27. The molecule has 1 nitrogen and oxygen atoms in total. The fourth-order valence-corrected chi connectivity index (χ4v) is 2.04. The minimum atomic E-state index is 0.293. The summed E-state index contributed by atoms with van der Waals surface area (Å²) in [6.07, 6.45) is 2.20. The fourth-order valence-electron chi connectivity index (χ4n) is 1.84. The van der Waals surface area contributed by atoms with Crippen LogP contribution in [0.2, 0.25) is 5.02 Å². The first-order valence-electron chi connectivity index (χ1n) is 6.05. The zero-order chi connectivity index (χ0) is 12.0. The van der Waals surface area contributed by atoms with E-state index in [2.05, 4.69) is 38.2 Å². The summed E-state index contributed by atoms with van der Waals surface area (Å²) in [7, 11) is 0. The van der Waals surface area contributed by atoms with Crippen LogP contribution < -0.4 is 5.32 Å². The lowest BCUT2D eigenvalue weighted by Crippen LogP contribution is -2.33. The molecule has 0 aliphatic carbocycles. The van der Waals surface area contributed by atoms with Crippen LogP contribution in [0.15, 0.2) is 24.3 Å². The van der Waals surface area contributed by atoms with Gasteiger partial charge in [0.1, 0.15) is 0 Å². The van der Waals surface area contributed by atoms with Crippen LogP contribution in [0.1, 0.15) is 32.8 Å². The Morgan fingerprint density at radius 2 is 1.94 bits per heavy atom. The van der Waals surface area contributed by atoms with Gasteiger partial charge < -0.3 is 5.32 Å². The molecule has 1 atom stereocenters. The van der Waals surface area contributed by atoms with E-state index in [-0.39, 0.29) is 0 Å². The monoisotopic (exact) mass is 239 g/mol. The minimum Gasteiger partial charge on any atom is -0.316 e.